The third kappa shape index (κ3) is 6.19. The van der Waals surface area contributed by atoms with Gasteiger partial charge in [0.05, 0.1) is 35.3 Å². The van der Waals surface area contributed by atoms with Gasteiger partial charge in [-0.15, -0.1) is 0 Å². The third-order valence-electron chi connectivity index (χ3n) is 11.4. The molecule has 3 aliphatic carbocycles. The Morgan fingerprint density at radius 2 is 1.82 bits per heavy atom. The first-order chi connectivity index (χ1) is 23.0. The average molecular weight is 684 g/mol. The van der Waals surface area contributed by atoms with E-state index in [4.69, 9.17) is 9.57 Å². The minimum absolute atomic E-state index is 0.0521. The fourth-order valence-electron chi connectivity index (χ4n) is 9.56. The number of anilines is 1. The molecule has 3 saturated carbocycles. The van der Waals surface area contributed by atoms with Crippen LogP contribution < -0.4 is 10.1 Å². The Morgan fingerprint density at radius 1 is 1.06 bits per heavy atom. The molecule has 264 valence electrons. The summed E-state index contributed by atoms with van der Waals surface area (Å²) < 4.78 is 61.1. The van der Waals surface area contributed by atoms with E-state index in [0.29, 0.717) is 31.6 Å². The molecular formula is C38H45F4N3O4. The number of hydroxylamine groups is 2. The largest absolute Gasteiger partial charge is 0.487 e. The highest BCUT2D eigenvalue weighted by atomic mass is 19.4. The quantitative estimate of drug-likeness (QED) is 0.244. The van der Waals surface area contributed by atoms with E-state index in [9.17, 15) is 27.5 Å². The second-order valence-electron chi connectivity index (χ2n) is 16.5. The predicted octanol–water partition coefficient (Wildman–Crippen LogP) is 6.92. The van der Waals surface area contributed by atoms with Crippen LogP contribution in [0.15, 0.2) is 48.0 Å². The summed E-state index contributed by atoms with van der Waals surface area (Å²) in [6.45, 7) is 9.62. The van der Waals surface area contributed by atoms with Crippen LogP contribution >= 0.6 is 0 Å². The van der Waals surface area contributed by atoms with Crippen molar-refractivity contribution >= 4 is 11.6 Å². The molecule has 3 heterocycles. The smallest absolute Gasteiger partial charge is 0.419 e. The summed E-state index contributed by atoms with van der Waals surface area (Å²) in [4.78, 5) is 23.5. The zero-order valence-corrected chi connectivity index (χ0v) is 28.4. The number of fused-ring (bicyclic) bond motifs is 4. The maximum atomic E-state index is 14.3. The number of hydrogen-bond acceptors (Lipinski definition) is 6. The van der Waals surface area contributed by atoms with Gasteiger partial charge in [0.15, 0.2) is 0 Å². The molecule has 0 radical (unpaired) electrons. The summed E-state index contributed by atoms with van der Waals surface area (Å²) in [5.74, 6) is -0.846. The zero-order valence-electron chi connectivity index (χ0n) is 28.4. The van der Waals surface area contributed by atoms with Crippen LogP contribution in [0.25, 0.3) is 0 Å². The Balaban J connectivity index is 1.16. The van der Waals surface area contributed by atoms with Crippen molar-refractivity contribution in [1.29, 1.82) is 0 Å². The van der Waals surface area contributed by atoms with Crippen molar-refractivity contribution in [2.45, 2.75) is 95.4 Å². The van der Waals surface area contributed by atoms with Gasteiger partial charge in [-0.25, -0.2) is 4.39 Å². The van der Waals surface area contributed by atoms with E-state index in [-0.39, 0.29) is 53.1 Å². The van der Waals surface area contributed by atoms with E-state index in [1.807, 2.05) is 6.07 Å². The first kappa shape index (κ1) is 33.2. The molecular weight excluding hydrogens is 638 g/mol. The summed E-state index contributed by atoms with van der Waals surface area (Å²) in [5, 5.41) is 15.5. The molecule has 11 heteroatoms. The second kappa shape index (κ2) is 11.5. The maximum Gasteiger partial charge on any atom is 0.419 e. The Kier molecular flexibility index (Phi) is 7.80. The fourth-order valence-corrected chi connectivity index (χ4v) is 9.56. The standard InChI is InChI=1S/C38H45F4N3O4/c1-36(2,47)19-44-17-27-31(18-44)49-45(33(27)21-7-12-30-22(14-21)16-37(3,4)48-30)34-25-10-9-24(26(25)13-20-5-6-20)32(34)35(46)43-23-8-11-29(39)28(15-23)38(40,41)42/h7-8,11-15,20,24-25,27,31-34,47H,5-6,9-10,16-19H2,1-4H3,(H,43,46)/b26-13-/t24-,25+,27?,31?,32-,33?,34+/m0/s1. The molecule has 8 rings (SSSR count). The van der Waals surface area contributed by atoms with Gasteiger partial charge in [-0.3, -0.25) is 14.5 Å². The lowest BCUT2D eigenvalue weighted by molar-refractivity contribution is -0.211. The Hall–Kier alpha value is -2.99. The highest BCUT2D eigenvalue weighted by Crippen LogP contribution is 2.59. The van der Waals surface area contributed by atoms with Crippen molar-refractivity contribution in [2.75, 3.05) is 25.0 Å². The number of amides is 1. The highest BCUT2D eigenvalue weighted by Gasteiger charge is 2.62. The molecule has 2 saturated heterocycles. The molecule has 2 N–H and O–H groups in total. The van der Waals surface area contributed by atoms with Crippen molar-refractivity contribution in [3.05, 3.63) is 70.6 Å². The number of allylic oxidation sites excluding steroid dienone is 1. The Morgan fingerprint density at radius 3 is 2.53 bits per heavy atom. The van der Waals surface area contributed by atoms with Gasteiger partial charge in [-0.1, -0.05) is 23.8 Å². The molecule has 7 atom stereocenters. The van der Waals surface area contributed by atoms with Gasteiger partial charge in [-0.05, 0) is 107 Å². The minimum Gasteiger partial charge on any atom is -0.487 e. The molecule has 49 heavy (non-hydrogen) atoms. The first-order valence-corrected chi connectivity index (χ1v) is 17.7. The number of halogens is 4. The van der Waals surface area contributed by atoms with Crippen LogP contribution in [0, 0.1) is 35.4 Å². The molecule has 2 bridgehead atoms. The van der Waals surface area contributed by atoms with Gasteiger partial charge in [0.1, 0.15) is 17.2 Å². The van der Waals surface area contributed by atoms with Crippen LogP contribution in [0.4, 0.5) is 23.2 Å². The number of carbonyl (C=O) groups is 1. The number of carbonyl (C=O) groups excluding carboxylic acids is 1. The Labute approximate surface area is 284 Å². The first-order valence-electron chi connectivity index (χ1n) is 17.7. The highest BCUT2D eigenvalue weighted by molar-refractivity contribution is 5.94. The van der Waals surface area contributed by atoms with E-state index < -0.39 is 29.1 Å². The van der Waals surface area contributed by atoms with Crippen molar-refractivity contribution < 1.29 is 37.0 Å². The van der Waals surface area contributed by atoms with Gasteiger partial charge < -0.3 is 15.2 Å². The SMILES string of the molecule is CC(C)(O)CN1CC2ON([C@H]3[C@@H](C(=O)Nc4ccc(F)c(C(F)(F)F)c4)[C@H]4CC[C@@H]3/C4=C\C3CC3)C(c3ccc4c(c3)CC(C)(C)O4)C2C1. The van der Waals surface area contributed by atoms with Crippen molar-refractivity contribution in [3.63, 3.8) is 0 Å². The van der Waals surface area contributed by atoms with E-state index in [1.165, 1.54) is 11.6 Å². The molecule has 0 aromatic heterocycles. The predicted molar refractivity (Wildman–Crippen MR) is 175 cm³/mol. The number of rotatable bonds is 7. The summed E-state index contributed by atoms with van der Waals surface area (Å²) in [7, 11) is 0. The lowest BCUT2D eigenvalue weighted by Gasteiger charge is -2.40. The maximum absolute atomic E-state index is 14.3. The molecule has 3 aliphatic heterocycles. The van der Waals surface area contributed by atoms with Crippen LogP contribution in [0.1, 0.15) is 76.1 Å². The topological polar surface area (TPSA) is 74.3 Å². The number of hydrogen-bond donors (Lipinski definition) is 2. The monoisotopic (exact) mass is 683 g/mol. The molecule has 3 unspecified atom stereocenters. The molecule has 0 spiro atoms. The minimum atomic E-state index is -4.89. The van der Waals surface area contributed by atoms with Crippen molar-refractivity contribution in [2.24, 2.45) is 29.6 Å². The van der Waals surface area contributed by atoms with E-state index in [0.717, 1.165) is 55.0 Å². The van der Waals surface area contributed by atoms with Crippen LogP contribution in [0.3, 0.4) is 0 Å². The number of nitrogens with zero attached hydrogens (tertiary/aromatic N) is 2. The van der Waals surface area contributed by atoms with Gasteiger partial charge in [0, 0.05) is 37.7 Å². The molecule has 1 amide bonds. The molecule has 7 nitrogen and oxygen atoms in total. The van der Waals surface area contributed by atoms with E-state index in [1.54, 1.807) is 13.8 Å². The Bertz CT molecular complexity index is 1680. The average Bonchev–Trinajstić information content (AvgIpc) is 3.21. The van der Waals surface area contributed by atoms with E-state index >= 15 is 0 Å². The van der Waals surface area contributed by atoms with Crippen molar-refractivity contribution in [3.8, 4) is 5.75 Å². The number of aliphatic hydroxyl groups is 1. The number of alkyl halides is 3. The summed E-state index contributed by atoms with van der Waals surface area (Å²) in [6.07, 6.45) is 2.07. The normalized spacial score (nSPS) is 33.2. The van der Waals surface area contributed by atoms with Crippen molar-refractivity contribution in [1.82, 2.24) is 9.96 Å². The second-order valence-corrected chi connectivity index (χ2v) is 16.5. The van der Waals surface area contributed by atoms with Crippen LogP contribution in [-0.4, -0.2) is 64.0 Å². The number of ether oxygens (including phenoxy) is 1. The van der Waals surface area contributed by atoms with Gasteiger partial charge >= 0.3 is 6.18 Å². The summed E-state index contributed by atoms with van der Waals surface area (Å²) >= 11 is 0. The van der Waals surface area contributed by atoms with Crippen LogP contribution in [0.2, 0.25) is 0 Å². The van der Waals surface area contributed by atoms with E-state index in [2.05, 4.69) is 47.3 Å². The van der Waals surface area contributed by atoms with Gasteiger partial charge in [-0.2, -0.15) is 18.2 Å². The third-order valence-corrected chi connectivity index (χ3v) is 11.4. The number of β-amino-alcohol motifs (C(OH)–C–C–N with tert-alkyl or cyclic N) is 1. The fraction of sp³-hybridized carbons (Fsp3) is 0.605. The molecule has 2 aromatic carbocycles. The summed E-state index contributed by atoms with van der Waals surface area (Å²) in [6, 6.07) is 8.47. The lowest BCUT2D eigenvalue weighted by atomic mass is 9.81. The number of likely N-dealkylation sites (tertiary alicyclic amines) is 1. The van der Waals surface area contributed by atoms with Crippen LogP contribution in [-0.2, 0) is 22.2 Å². The number of nitrogens with one attached hydrogen (secondary N) is 1. The molecule has 2 aromatic rings. The van der Waals surface area contributed by atoms with Gasteiger partial charge in [0.25, 0.3) is 0 Å². The van der Waals surface area contributed by atoms with Crippen LogP contribution in [0.5, 0.6) is 5.75 Å². The number of benzene rings is 2. The molecule has 6 aliphatic rings. The zero-order chi connectivity index (χ0) is 34.6. The van der Waals surface area contributed by atoms with Gasteiger partial charge in [0.2, 0.25) is 5.91 Å². The lowest BCUT2D eigenvalue weighted by Crippen LogP contribution is -2.49. The summed E-state index contributed by atoms with van der Waals surface area (Å²) in [5.41, 5.74) is 0.828. The molecule has 5 fully saturated rings.